The lowest BCUT2D eigenvalue weighted by molar-refractivity contribution is -0.136. The van der Waals surface area contributed by atoms with Crippen LogP contribution in [-0.2, 0) is 11.3 Å². The highest BCUT2D eigenvalue weighted by Crippen LogP contribution is 2.45. The molecule has 0 N–H and O–H groups in total. The Balaban J connectivity index is 1.20. The fourth-order valence-electron chi connectivity index (χ4n) is 6.88. The maximum atomic E-state index is 13.4. The molecule has 0 saturated carbocycles. The SMILES string of the molecule is O=C(CCn1cnc2ccccc2c1=O)N1CCCC2=C[C@H]3C[C@@H](CN4CCCC[C@H]34)[C@@H]21. The average molecular weight is 433 g/mol. The van der Waals surface area contributed by atoms with Gasteiger partial charge < -0.3 is 4.90 Å². The van der Waals surface area contributed by atoms with Crippen LogP contribution in [0.3, 0.4) is 0 Å². The summed E-state index contributed by atoms with van der Waals surface area (Å²) in [7, 11) is 0. The second-order valence-electron chi connectivity index (χ2n) is 10.1. The monoisotopic (exact) mass is 432 g/mol. The minimum Gasteiger partial charge on any atom is -0.336 e. The largest absolute Gasteiger partial charge is 0.336 e. The number of nitrogens with zero attached hydrogens (tertiary/aromatic N) is 4. The van der Waals surface area contributed by atoms with Gasteiger partial charge in [0.1, 0.15) is 0 Å². The van der Waals surface area contributed by atoms with Crippen molar-refractivity contribution < 1.29 is 4.79 Å². The number of hydrogen-bond acceptors (Lipinski definition) is 4. The molecule has 0 radical (unpaired) electrons. The lowest BCUT2D eigenvalue weighted by Crippen LogP contribution is -2.60. The summed E-state index contributed by atoms with van der Waals surface area (Å²) >= 11 is 0. The van der Waals surface area contributed by atoms with E-state index in [1.165, 1.54) is 37.8 Å². The third-order valence-corrected chi connectivity index (χ3v) is 8.28. The molecular weight excluding hydrogens is 400 g/mol. The quantitative estimate of drug-likeness (QED) is 0.699. The van der Waals surface area contributed by atoms with Gasteiger partial charge in [-0.3, -0.25) is 19.1 Å². The number of amides is 1. The summed E-state index contributed by atoms with van der Waals surface area (Å²) in [6.07, 6.45) is 11.9. The number of piperidine rings is 3. The molecule has 4 aliphatic rings. The molecule has 4 atom stereocenters. The van der Waals surface area contributed by atoms with Gasteiger partial charge in [-0.2, -0.15) is 0 Å². The fraction of sp³-hybridized carbons (Fsp3) is 0.577. The average Bonchev–Trinajstić information content (AvgIpc) is 2.83. The van der Waals surface area contributed by atoms with E-state index in [9.17, 15) is 9.59 Å². The molecule has 3 saturated heterocycles. The first-order valence-electron chi connectivity index (χ1n) is 12.4. The third-order valence-electron chi connectivity index (χ3n) is 8.28. The van der Waals surface area contributed by atoms with Crippen molar-refractivity contribution in [1.29, 1.82) is 0 Å². The van der Waals surface area contributed by atoms with E-state index in [0.29, 0.717) is 35.7 Å². The number of carbonyl (C=O) groups excluding carboxylic acids is 1. The Hall–Kier alpha value is -2.47. The van der Waals surface area contributed by atoms with Gasteiger partial charge in [-0.1, -0.05) is 30.2 Å². The van der Waals surface area contributed by atoms with Gasteiger partial charge >= 0.3 is 0 Å². The van der Waals surface area contributed by atoms with Gasteiger partial charge in [-0.25, -0.2) is 4.98 Å². The number of hydrogen-bond donors (Lipinski definition) is 0. The van der Waals surface area contributed by atoms with E-state index in [1.54, 1.807) is 17.0 Å². The zero-order valence-corrected chi connectivity index (χ0v) is 18.7. The van der Waals surface area contributed by atoms with Crippen molar-refractivity contribution in [3.63, 3.8) is 0 Å². The zero-order chi connectivity index (χ0) is 21.7. The van der Waals surface area contributed by atoms with Gasteiger partial charge in [0.15, 0.2) is 0 Å². The van der Waals surface area contributed by atoms with Crippen LogP contribution in [0.15, 0.2) is 47.0 Å². The highest BCUT2D eigenvalue weighted by molar-refractivity contribution is 5.78. The van der Waals surface area contributed by atoms with Crippen molar-refractivity contribution in [2.24, 2.45) is 11.8 Å². The van der Waals surface area contributed by atoms with E-state index < -0.39 is 0 Å². The minimum atomic E-state index is -0.0634. The van der Waals surface area contributed by atoms with E-state index in [-0.39, 0.29) is 17.5 Å². The van der Waals surface area contributed by atoms with Gasteiger partial charge in [0.25, 0.3) is 5.56 Å². The summed E-state index contributed by atoms with van der Waals surface area (Å²) in [6.45, 7) is 3.59. The summed E-state index contributed by atoms with van der Waals surface area (Å²) in [5, 5.41) is 0.613. The first-order chi connectivity index (χ1) is 15.7. The van der Waals surface area contributed by atoms with Crippen LogP contribution < -0.4 is 5.56 Å². The van der Waals surface area contributed by atoms with Crippen LogP contribution in [0.1, 0.15) is 44.9 Å². The van der Waals surface area contributed by atoms with Crippen LogP contribution in [0.25, 0.3) is 10.9 Å². The van der Waals surface area contributed by atoms with Crippen molar-refractivity contribution in [3.05, 3.63) is 52.6 Å². The van der Waals surface area contributed by atoms with Crippen LogP contribution in [-0.4, -0.2) is 57.0 Å². The maximum Gasteiger partial charge on any atom is 0.261 e. The Morgan fingerprint density at radius 3 is 2.97 bits per heavy atom. The first kappa shape index (κ1) is 20.2. The highest BCUT2D eigenvalue weighted by atomic mass is 16.2. The Kier molecular flexibility index (Phi) is 5.13. The second kappa shape index (κ2) is 8.14. The molecule has 168 valence electrons. The second-order valence-corrected chi connectivity index (χ2v) is 10.1. The number of benzene rings is 1. The Labute approximate surface area is 188 Å². The number of para-hydroxylation sites is 1. The number of aryl methyl sites for hydroxylation is 1. The standard InChI is InChI=1S/C26H32N4O2/c31-24(10-13-29-17-27-22-8-2-1-7-21(22)26(29)32)30-12-5-6-18-14-19-15-20(25(18)30)16-28-11-4-3-9-23(19)28/h1-2,7-8,14,17,19-20,23,25H,3-6,9-13,15-16H2/t19-,20-,23+,25+/m0/s1. The zero-order valence-electron chi connectivity index (χ0n) is 18.7. The normalized spacial score (nSPS) is 29.9. The van der Waals surface area contributed by atoms with E-state index in [4.69, 9.17) is 0 Å². The van der Waals surface area contributed by atoms with Crippen LogP contribution in [0, 0.1) is 11.8 Å². The smallest absolute Gasteiger partial charge is 0.261 e. The van der Waals surface area contributed by atoms with Gasteiger partial charge in [0, 0.05) is 32.1 Å². The molecule has 0 spiro atoms. The van der Waals surface area contributed by atoms with Gasteiger partial charge in [-0.05, 0) is 62.6 Å². The van der Waals surface area contributed by atoms with Crippen molar-refractivity contribution in [2.75, 3.05) is 19.6 Å². The number of carbonyl (C=O) groups is 1. The van der Waals surface area contributed by atoms with Gasteiger partial charge in [0.05, 0.1) is 23.3 Å². The van der Waals surface area contributed by atoms with Crippen LogP contribution in [0.2, 0.25) is 0 Å². The summed E-state index contributed by atoms with van der Waals surface area (Å²) < 4.78 is 1.59. The molecule has 3 aliphatic heterocycles. The number of fused-ring (bicyclic) bond motifs is 7. The maximum absolute atomic E-state index is 13.4. The molecule has 1 aliphatic carbocycles. The molecule has 1 amide bonds. The fourth-order valence-corrected chi connectivity index (χ4v) is 6.88. The molecule has 3 fully saturated rings. The lowest BCUT2D eigenvalue weighted by atomic mass is 9.68. The molecule has 1 aromatic carbocycles. The molecule has 6 nitrogen and oxygen atoms in total. The summed E-state index contributed by atoms with van der Waals surface area (Å²) in [6, 6.07) is 8.39. The molecule has 4 heterocycles. The summed E-state index contributed by atoms with van der Waals surface area (Å²) in [4.78, 5) is 35.5. The molecule has 2 bridgehead atoms. The molecule has 2 aromatic rings. The van der Waals surface area contributed by atoms with Crippen molar-refractivity contribution in [2.45, 2.75) is 63.6 Å². The molecular formula is C26H32N4O2. The Morgan fingerprint density at radius 2 is 2.03 bits per heavy atom. The van der Waals surface area contributed by atoms with Crippen LogP contribution in [0.4, 0.5) is 0 Å². The van der Waals surface area contributed by atoms with Crippen molar-refractivity contribution in [1.82, 2.24) is 19.4 Å². The van der Waals surface area contributed by atoms with Gasteiger partial charge in [0.2, 0.25) is 5.91 Å². The highest BCUT2D eigenvalue weighted by Gasteiger charge is 2.46. The van der Waals surface area contributed by atoms with E-state index >= 15 is 0 Å². The van der Waals surface area contributed by atoms with E-state index in [1.807, 2.05) is 18.2 Å². The van der Waals surface area contributed by atoms with Crippen molar-refractivity contribution in [3.8, 4) is 0 Å². The summed E-state index contributed by atoms with van der Waals surface area (Å²) in [5.41, 5.74) is 2.16. The number of rotatable bonds is 3. The third kappa shape index (κ3) is 3.40. The first-order valence-corrected chi connectivity index (χ1v) is 12.4. The van der Waals surface area contributed by atoms with Crippen LogP contribution >= 0.6 is 0 Å². The predicted octanol–water partition coefficient (Wildman–Crippen LogP) is 3.21. The predicted molar refractivity (Wildman–Crippen MR) is 124 cm³/mol. The molecule has 1 aromatic heterocycles. The van der Waals surface area contributed by atoms with Crippen molar-refractivity contribution >= 4 is 16.8 Å². The van der Waals surface area contributed by atoms with Gasteiger partial charge in [-0.15, -0.1) is 0 Å². The molecule has 6 rings (SSSR count). The lowest BCUT2D eigenvalue weighted by Gasteiger charge is -2.54. The molecule has 32 heavy (non-hydrogen) atoms. The minimum absolute atomic E-state index is 0.0634. The van der Waals surface area contributed by atoms with E-state index in [0.717, 1.165) is 32.0 Å². The Morgan fingerprint density at radius 1 is 1.12 bits per heavy atom. The molecule has 0 unspecified atom stereocenters. The Bertz CT molecular complexity index is 1120. The summed E-state index contributed by atoms with van der Waals surface area (Å²) in [5.74, 6) is 1.42. The van der Waals surface area contributed by atoms with E-state index in [2.05, 4.69) is 20.9 Å². The van der Waals surface area contributed by atoms with Crippen LogP contribution in [0.5, 0.6) is 0 Å². The number of aromatic nitrogens is 2. The number of likely N-dealkylation sites (tertiary alicyclic amines) is 1. The molecule has 6 heteroatoms. The topological polar surface area (TPSA) is 58.4 Å².